The Hall–Kier alpha value is -2.45. The highest BCUT2D eigenvalue weighted by molar-refractivity contribution is 5.72. The quantitative estimate of drug-likeness (QED) is 0.483. The second kappa shape index (κ2) is 12.4. The van der Waals surface area contributed by atoms with Crippen molar-refractivity contribution in [1.82, 2.24) is 21.2 Å². The number of carbonyl (C=O) groups excluding carboxylic acids is 1. The molecule has 8 nitrogen and oxygen atoms in total. The van der Waals surface area contributed by atoms with Crippen LogP contribution in [0.25, 0.3) is 0 Å². The number of amides is 1. The Balaban J connectivity index is 0.000000206. The lowest BCUT2D eigenvalue weighted by Crippen LogP contribution is -2.41. The molecule has 1 saturated carbocycles. The lowest BCUT2D eigenvalue weighted by atomic mass is 10.0. The van der Waals surface area contributed by atoms with E-state index in [1.54, 1.807) is 5.12 Å². The van der Waals surface area contributed by atoms with E-state index in [0.717, 1.165) is 33.0 Å². The molecule has 2 fully saturated rings. The number of nitrogens with one attached hydrogen (secondary N) is 3. The molecule has 1 aromatic rings. The number of benzene rings is 1. The van der Waals surface area contributed by atoms with E-state index in [1.807, 2.05) is 7.05 Å². The fourth-order valence-electron chi connectivity index (χ4n) is 4.58. The number of halogens is 6. The van der Waals surface area contributed by atoms with Crippen molar-refractivity contribution in [3.05, 3.63) is 34.9 Å². The third kappa shape index (κ3) is 9.11. The molecule has 2 unspecified atom stereocenters. The van der Waals surface area contributed by atoms with E-state index in [4.69, 9.17) is 4.74 Å². The van der Waals surface area contributed by atoms with E-state index >= 15 is 0 Å². The summed E-state index contributed by atoms with van der Waals surface area (Å²) >= 11 is 0. The van der Waals surface area contributed by atoms with Gasteiger partial charge in [-0.2, -0.15) is 31.8 Å². The van der Waals surface area contributed by atoms with Crippen LogP contribution in [-0.4, -0.2) is 49.5 Å². The molecule has 3 aliphatic rings. The van der Waals surface area contributed by atoms with Gasteiger partial charge in [0.15, 0.2) is 0 Å². The van der Waals surface area contributed by atoms with Crippen molar-refractivity contribution < 1.29 is 35.9 Å². The van der Waals surface area contributed by atoms with Gasteiger partial charge in [0.25, 0.3) is 0 Å². The molecule has 2 heterocycles. The summed E-state index contributed by atoms with van der Waals surface area (Å²) in [6.45, 7) is 2.54. The molecule has 3 atom stereocenters. The van der Waals surface area contributed by atoms with Crippen molar-refractivity contribution in [2.75, 3.05) is 20.3 Å². The molecule has 1 amide bonds. The van der Waals surface area contributed by atoms with Gasteiger partial charge in [0.2, 0.25) is 5.91 Å². The molecule has 4 rings (SSSR count). The van der Waals surface area contributed by atoms with Crippen molar-refractivity contribution in [3.8, 4) is 0 Å². The summed E-state index contributed by atoms with van der Waals surface area (Å²) < 4.78 is 80.3. The number of hydrogen-bond donors (Lipinski definition) is 3. The lowest BCUT2D eigenvalue weighted by Gasteiger charge is -2.27. The van der Waals surface area contributed by atoms with Crippen LogP contribution in [0.3, 0.4) is 0 Å². The molecule has 37 heavy (non-hydrogen) atoms. The van der Waals surface area contributed by atoms with Gasteiger partial charge in [-0.1, -0.05) is 5.22 Å². The number of hydrazine groups is 1. The number of rotatable bonds is 5. The zero-order valence-corrected chi connectivity index (χ0v) is 20.6. The third-order valence-corrected chi connectivity index (χ3v) is 6.43. The van der Waals surface area contributed by atoms with Crippen LogP contribution in [0, 0.1) is 5.92 Å². The lowest BCUT2D eigenvalue weighted by molar-refractivity contribution is -0.143. The molecule has 2 aliphatic heterocycles. The Bertz CT molecular complexity index is 903. The average molecular weight is 539 g/mol. The summed E-state index contributed by atoms with van der Waals surface area (Å²) in [5.41, 5.74) is 0.205. The van der Waals surface area contributed by atoms with Gasteiger partial charge >= 0.3 is 12.4 Å². The normalized spacial score (nSPS) is 24.6. The minimum Gasteiger partial charge on any atom is -0.381 e. The second-order valence-electron chi connectivity index (χ2n) is 9.45. The van der Waals surface area contributed by atoms with E-state index in [2.05, 4.69) is 26.4 Å². The molecule has 0 aromatic heterocycles. The van der Waals surface area contributed by atoms with Gasteiger partial charge in [0.05, 0.1) is 11.1 Å². The number of ether oxygens (including phenoxy) is 1. The van der Waals surface area contributed by atoms with Crippen LogP contribution in [0.4, 0.5) is 26.3 Å². The van der Waals surface area contributed by atoms with E-state index in [9.17, 15) is 31.1 Å². The minimum atomic E-state index is -4.88. The number of alkyl halides is 6. The number of nitrogens with zero attached hydrogens (tertiary/aromatic N) is 3. The fourth-order valence-corrected chi connectivity index (χ4v) is 4.58. The molecule has 3 N–H and O–H groups in total. The van der Waals surface area contributed by atoms with Crippen molar-refractivity contribution in [1.29, 1.82) is 0 Å². The minimum absolute atomic E-state index is 0.0390. The Morgan fingerprint density at radius 2 is 1.65 bits per heavy atom. The molecular weight excluding hydrogens is 506 g/mol. The summed E-state index contributed by atoms with van der Waals surface area (Å²) in [6, 6.07) is 2.50. The van der Waals surface area contributed by atoms with Gasteiger partial charge in [-0.3, -0.25) is 4.79 Å². The predicted octanol–water partition coefficient (Wildman–Crippen LogP) is 4.43. The largest absolute Gasteiger partial charge is 0.416 e. The summed E-state index contributed by atoms with van der Waals surface area (Å²) in [5.74, 6) is 0.0713. The van der Waals surface area contributed by atoms with Crippen molar-refractivity contribution in [2.45, 2.75) is 76.2 Å². The van der Waals surface area contributed by atoms with Gasteiger partial charge in [-0.25, -0.2) is 5.12 Å². The van der Waals surface area contributed by atoms with Crippen molar-refractivity contribution in [2.24, 2.45) is 16.3 Å². The van der Waals surface area contributed by atoms with Crippen LogP contribution in [0.5, 0.6) is 0 Å². The van der Waals surface area contributed by atoms with Crippen LogP contribution in [0.1, 0.15) is 55.7 Å². The molecule has 14 heteroatoms. The first-order valence-electron chi connectivity index (χ1n) is 12.1. The Morgan fingerprint density at radius 3 is 2.16 bits per heavy atom. The molecule has 1 aromatic carbocycles. The number of hydrogen-bond acceptors (Lipinski definition) is 7. The topological polar surface area (TPSA) is 90.4 Å². The van der Waals surface area contributed by atoms with Crippen LogP contribution in [0.2, 0.25) is 0 Å². The maximum absolute atomic E-state index is 12.5. The maximum Gasteiger partial charge on any atom is 0.416 e. The van der Waals surface area contributed by atoms with Crippen LogP contribution in [-0.2, 0) is 28.4 Å². The summed E-state index contributed by atoms with van der Waals surface area (Å²) in [4.78, 5) is 10.6. The molecule has 1 saturated heterocycles. The highest BCUT2D eigenvalue weighted by Crippen LogP contribution is 2.36. The standard InChI is InChI=1S/C12H23N5O.C11H9F6NO/c1-17-15-12(14-16-17)9-2-3-11(8-9)13-10-4-6-18-7-5-10;1-6(19)18-5-7-2-8(10(12,13)14)4-9(3-7)11(15,16)17/h9-13,15H,2-8H2,1H3;2-4H,5H2,1H3,(H,18,19)/t9?,11-,12?;/m1./s1. The fraction of sp³-hybridized carbons (Fsp3) is 0.696. The molecular formula is C23H32F6N6O2. The zero-order valence-electron chi connectivity index (χ0n) is 20.6. The SMILES string of the molecule is CC(=O)NCc1cc(C(F)(F)F)cc(C(F)(F)F)c1.CN1N=NC(C2CC[C@@H](NC3CCOCC3)C2)N1. The first-order chi connectivity index (χ1) is 17.3. The van der Waals surface area contributed by atoms with Gasteiger partial charge in [-0.05, 0) is 61.8 Å². The molecule has 0 spiro atoms. The summed E-state index contributed by atoms with van der Waals surface area (Å²) in [6.07, 6.45) is -3.54. The van der Waals surface area contributed by atoms with Gasteiger partial charge in [0, 0.05) is 45.8 Å². The summed E-state index contributed by atoms with van der Waals surface area (Å²) in [7, 11) is 1.90. The van der Waals surface area contributed by atoms with Gasteiger partial charge in [0.1, 0.15) is 6.17 Å². The number of carbonyl (C=O) groups is 1. The predicted molar refractivity (Wildman–Crippen MR) is 122 cm³/mol. The first-order valence-corrected chi connectivity index (χ1v) is 12.1. The average Bonchev–Trinajstić information content (AvgIpc) is 3.46. The van der Waals surface area contributed by atoms with Gasteiger partial charge < -0.3 is 15.4 Å². The van der Waals surface area contributed by atoms with Crippen molar-refractivity contribution >= 4 is 5.91 Å². The van der Waals surface area contributed by atoms with E-state index in [1.165, 1.54) is 19.3 Å². The van der Waals surface area contributed by atoms with Crippen LogP contribution in [0.15, 0.2) is 28.5 Å². The molecule has 208 valence electrons. The van der Waals surface area contributed by atoms with E-state index in [0.29, 0.717) is 30.1 Å². The Labute approximate surface area is 211 Å². The molecule has 0 radical (unpaired) electrons. The zero-order chi connectivity index (χ0) is 27.2. The summed E-state index contributed by atoms with van der Waals surface area (Å²) in [5, 5.41) is 15.9. The first kappa shape index (κ1) is 29.1. The monoisotopic (exact) mass is 538 g/mol. The Morgan fingerprint density at radius 1 is 1.03 bits per heavy atom. The highest BCUT2D eigenvalue weighted by atomic mass is 19.4. The highest BCUT2D eigenvalue weighted by Gasteiger charge is 2.37. The smallest absolute Gasteiger partial charge is 0.381 e. The second-order valence-corrected chi connectivity index (χ2v) is 9.45. The van der Waals surface area contributed by atoms with Crippen LogP contribution < -0.4 is 16.1 Å². The maximum atomic E-state index is 12.5. The van der Waals surface area contributed by atoms with Crippen LogP contribution >= 0.6 is 0 Å². The van der Waals surface area contributed by atoms with E-state index < -0.39 is 35.9 Å². The van der Waals surface area contributed by atoms with Gasteiger partial charge in [-0.15, -0.1) is 5.11 Å². The van der Waals surface area contributed by atoms with Crippen molar-refractivity contribution in [3.63, 3.8) is 0 Å². The molecule has 1 aliphatic carbocycles. The molecule has 0 bridgehead atoms. The Kier molecular flexibility index (Phi) is 9.75. The van der Waals surface area contributed by atoms with E-state index in [-0.39, 0.29) is 17.8 Å². The third-order valence-electron chi connectivity index (χ3n) is 6.43.